The molecule has 1 atom stereocenters. The van der Waals surface area contributed by atoms with Gasteiger partial charge in [0.15, 0.2) is 0 Å². The molecule has 0 radical (unpaired) electrons. The lowest BCUT2D eigenvalue weighted by atomic mass is 10.1. The first-order chi connectivity index (χ1) is 5.29. The SMILES string of the molecule is Cl.N[C@@H]1CCc2c(O)cccc21. The summed E-state index contributed by atoms with van der Waals surface area (Å²) in [6, 6.07) is 5.69. The number of phenols is 1. The standard InChI is InChI=1S/C9H11NO.ClH/c10-8-5-4-7-6(8)2-1-3-9(7)11;/h1-3,8,11H,4-5,10H2;1H/t8-;/m1./s1. The predicted molar refractivity (Wildman–Crippen MR) is 50.6 cm³/mol. The molecule has 0 saturated carbocycles. The van der Waals surface area contributed by atoms with Crippen LogP contribution in [0.25, 0.3) is 0 Å². The van der Waals surface area contributed by atoms with Gasteiger partial charge >= 0.3 is 0 Å². The van der Waals surface area contributed by atoms with Crippen LogP contribution in [-0.4, -0.2) is 5.11 Å². The Kier molecular flexibility index (Phi) is 2.60. The van der Waals surface area contributed by atoms with Gasteiger partial charge in [0.05, 0.1) is 0 Å². The molecule has 0 bridgehead atoms. The second-order valence-corrected chi connectivity index (χ2v) is 2.99. The van der Waals surface area contributed by atoms with E-state index in [1.807, 2.05) is 12.1 Å². The Morgan fingerprint density at radius 3 is 2.83 bits per heavy atom. The second-order valence-electron chi connectivity index (χ2n) is 2.99. The number of halogens is 1. The molecule has 3 heteroatoms. The van der Waals surface area contributed by atoms with Gasteiger partial charge < -0.3 is 10.8 Å². The molecule has 1 aliphatic rings. The van der Waals surface area contributed by atoms with Crippen LogP contribution in [0.5, 0.6) is 5.75 Å². The van der Waals surface area contributed by atoms with Gasteiger partial charge in [0.1, 0.15) is 5.75 Å². The van der Waals surface area contributed by atoms with Crippen molar-refractivity contribution in [3.05, 3.63) is 29.3 Å². The van der Waals surface area contributed by atoms with Crippen LogP contribution < -0.4 is 5.73 Å². The maximum Gasteiger partial charge on any atom is 0.119 e. The zero-order valence-corrected chi connectivity index (χ0v) is 7.47. The maximum absolute atomic E-state index is 9.39. The Hall–Kier alpha value is -0.730. The molecule has 2 rings (SSSR count). The molecular weight excluding hydrogens is 174 g/mol. The van der Waals surface area contributed by atoms with E-state index in [2.05, 4.69) is 0 Å². The van der Waals surface area contributed by atoms with E-state index in [1.54, 1.807) is 6.07 Å². The van der Waals surface area contributed by atoms with Crippen molar-refractivity contribution in [3.63, 3.8) is 0 Å². The number of hydrogen-bond donors (Lipinski definition) is 2. The monoisotopic (exact) mass is 185 g/mol. The smallest absolute Gasteiger partial charge is 0.119 e. The first-order valence-electron chi connectivity index (χ1n) is 3.85. The summed E-state index contributed by atoms with van der Waals surface area (Å²) in [5.41, 5.74) is 7.96. The highest BCUT2D eigenvalue weighted by molar-refractivity contribution is 5.85. The molecule has 0 saturated heterocycles. The van der Waals surface area contributed by atoms with Crippen molar-refractivity contribution >= 4 is 12.4 Å². The Labute approximate surface area is 77.8 Å². The van der Waals surface area contributed by atoms with Crippen LogP contribution in [-0.2, 0) is 6.42 Å². The van der Waals surface area contributed by atoms with Gasteiger partial charge in [-0.25, -0.2) is 0 Å². The number of benzene rings is 1. The van der Waals surface area contributed by atoms with Crippen LogP contribution in [0.3, 0.4) is 0 Å². The third-order valence-electron chi connectivity index (χ3n) is 2.29. The first-order valence-corrected chi connectivity index (χ1v) is 3.85. The predicted octanol–water partition coefficient (Wildman–Crippen LogP) is 1.76. The highest BCUT2D eigenvalue weighted by Crippen LogP contribution is 2.34. The van der Waals surface area contributed by atoms with E-state index in [0.29, 0.717) is 5.75 Å². The molecule has 2 nitrogen and oxygen atoms in total. The number of aromatic hydroxyl groups is 1. The number of fused-ring (bicyclic) bond motifs is 1. The fourth-order valence-corrected chi connectivity index (χ4v) is 1.67. The van der Waals surface area contributed by atoms with Crippen molar-refractivity contribution in [2.24, 2.45) is 5.73 Å². The fraction of sp³-hybridized carbons (Fsp3) is 0.333. The summed E-state index contributed by atoms with van der Waals surface area (Å²) in [5, 5.41) is 9.39. The Balaban J connectivity index is 0.000000720. The molecule has 66 valence electrons. The third-order valence-corrected chi connectivity index (χ3v) is 2.29. The van der Waals surface area contributed by atoms with Gasteiger partial charge in [-0.05, 0) is 30.0 Å². The molecule has 1 aromatic rings. The highest BCUT2D eigenvalue weighted by Gasteiger charge is 2.20. The summed E-state index contributed by atoms with van der Waals surface area (Å²) < 4.78 is 0. The molecular formula is C9H12ClNO. The first kappa shape index (κ1) is 9.36. The largest absolute Gasteiger partial charge is 0.508 e. The van der Waals surface area contributed by atoms with Gasteiger partial charge in [-0.2, -0.15) is 0 Å². The van der Waals surface area contributed by atoms with Gasteiger partial charge in [0.25, 0.3) is 0 Å². The summed E-state index contributed by atoms with van der Waals surface area (Å²) in [4.78, 5) is 0. The third kappa shape index (κ3) is 1.28. The van der Waals surface area contributed by atoms with Gasteiger partial charge in [0, 0.05) is 6.04 Å². The Morgan fingerprint density at radius 2 is 2.17 bits per heavy atom. The number of phenolic OH excluding ortho intramolecular Hbond substituents is 1. The van der Waals surface area contributed by atoms with E-state index in [4.69, 9.17) is 5.73 Å². The summed E-state index contributed by atoms with van der Waals surface area (Å²) >= 11 is 0. The van der Waals surface area contributed by atoms with Crippen molar-refractivity contribution < 1.29 is 5.11 Å². The normalized spacial score (nSPS) is 19.9. The topological polar surface area (TPSA) is 46.2 Å². The van der Waals surface area contributed by atoms with Crippen molar-refractivity contribution in [2.75, 3.05) is 0 Å². The molecule has 0 unspecified atom stereocenters. The van der Waals surface area contributed by atoms with E-state index in [1.165, 1.54) is 0 Å². The minimum absolute atomic E-state index is 0. The summed E-state index contributed by atoms with van der Waals surface area (Å²) in [7, 11) is 0. The van der Waals surface area contributed by atoms with Crippen molar-refractivity contribution in [3.8, 4) is 5.75 Å². The Bertz CT molecular complexity index is 288. The van der Waals surface area contributed by atoms with E-state index in [0.717, 1.165) is 24.0 Å². The fourth-order valence-electron chi connectivity index (χ4n) is 1.67. The van der Waals surface area contributed by atoms with E-state index in [-0.39, 0.29) is 18.4 Å². The van der Waals surface area contributed by atoms with Crippen LogP contribution in [0.1, 0.15) is 23.6 Å². The van der Waals surface area contributed by atoms with Crippen molar-refractivity contribution in [1.82, 2.24) is 0 Å². The van der Waals surface area contributed by atoms with E-state index >= 15 is 0 Å². The molecule has 0 aromatic heterocycles. The lowest BCUT2D eigenvalue weighted by Gasteiger charge is -2.04. The quantitative estimate of drug-likeness (QED) is 0.647. The van der Waals surface area contributed by atoms with Crippen LogP contribution in [0.4, 0.5) is 0 Å². The maximum atomic E-state index is 9.39. The van der Waals surface area contributed by atoms with Gasteiger partial charge in [-0.15, -0.1) is 12.4 Å². The number of hydrogen-bond acceptors (Lipinski definition) is 2. The average molecular weight is 186 g/mol. The number of nitrogens with two attached hydrogens (primary N) is 1. The highest BCUT2D eigenvalue weighted by atomic mass is 35.5. The van der Waals surface area contributed by atoms with Gasteiger partial charge in [-0.1, -0.05) is 12.1 Å². The van der Waals surface area contributed by atoms with Crippen molar-refractivity contribution in [2.45, 2.75) is 18.9 Å². The van der Waals surface area contributed by atoms with Crippen LogP contribution in [0.15, 0.2) is 18.2 Å². The second kappa shape index (κ2) is 3.33. The summed E-state index contributed by atoms with van der Waals surface area (Å²) in [6.07, 6.45) is 1.88. The molecule has 0 amide bonds. The molecule has 1 aliphatic carbocycles. The van der Waals surface area contributed by atoms with Crippen molar-refractivity contribution in [1.29, 1.82) is 0 Å². The van der Waals surface area contributed by atoms with Gasteiger partial charge in [0.2, 0.25) is 0 Å². The minimum Gasteiger partial charge on any atom is -0.508 e. The molecule has 12 heavy (non-hydrogen) atoms. The molecule has 0 heterocycles. The van der Waals surface area contributed by atoms with Crippen LogP contribution in [0, 0.1) is 0 Å². The minimum atomic E-state index is 0. The van der Waals surface area contributed by atoms with E-state index in [9.17, 15) is 5.11 Å². The lowest BCUT2D eigenvalue weighted by Crippen LogP contribution is -2.04. The van der Waals surface area contributed by atoms with Gasteiger partial charge in [-0.3, -0.25) is 0 Å². The summed E-state index contributed by atoms with van der Waals surface area (Å²) in [6.45, 7) is 0. The van der Waals surface area contributed by atoms with Crippen LogP contribution >= 0.6 is 12.4 Å². The lowest BCUT2D eigenvalue weighted by molar-refractivity contribution is 0.469. The van der Waals surface area contributed by atoms with Crippen LogP contribution in [0.2, 0.25) is 0 Å². The zero-order valence-electron chi connectivity index (χ0n) is 6.66. The Morgan fingerprint density at radius 1 is 1.42 bits per heavy atom. The molecule has 0 fully saturated rings. The summed E-state index contributed by atoms with van der Waals surface area (Å²) in [5.74, 6) is 0.399. The average Bonchev–Trinajstić information content (AvgIpc) is 2.35. The molecule has 3 N–H and O–H groups in total. The number of rotatable bonds is 0. The molecule has 0 spiro atoms. The molecule has 1 aromatic carbocycles. The zero-order chi connectivity index (χ0) is 7.84. The van der Waals surface area contributed by atoms with E-state index < -0.39 is 0 Å². The molecule has 0 aliphatic heterocycles.